The van der Waals surface area contributed by atoms with Gasteiger partial charge in [-0.25, -0.2) is 13.8 Å². The van der Waals surface area contributed by atoms with E-state index in [1.807, 2.05) is 0 Å². The van der Waals surface area contributed by atoms with Crippen LogP contribution in [0.1, 0.15) is 0 Å². The summed E-state index contributed by atoms with van der Waals surface area (Å²) in [4.78, 5) is 16.2. The lowest BCUT2D eigenvalue weighted by Gasteiger charge is -2.04. The lowest BCUT2D eigenvalue weighted by molar-refractivity contribution is 0.506. The van der Waals surface area contributed by atoms with Gasteiger partial charge in [-0.2, -0.15) is 24.7 Å². The van der Waals surface area contributed by atoms with E-state index in [2.05, 4.69) is 25.0 Å². The Morgan fingerprint density at radius 1 is 1.10 bits per heavy atom. The maximum atomic E-state index is 13.2. The van der Waals surface area contributed by atoms with E-state index in [9.17, 15) is 8.78 Å². The number of halogens is 2. The minimum Gasteiger partial charge on any atom is -0.368 e. The first-order valence-electron chi connectivity index (χ1n) is 5.61. The van der Waals surface area contributed by atoms with Crippen LogP contribution in [0.25, 0.3) is 5.95 Å². The molecule has 10 heteroatoms. The zero-order valence-electron chi connectivity index (χ0n) is 10.3. The smallest absolute Gasteiger partial charge is 0.257 e. The van der Waals surface area contributed by atoms with Crippen molar-refractivity contribution >= 4 is 17.7 Å². The highest BCUT2D eigenvalue weighted by Crippen LogP contribution is 2.26. The molecule has 3 rings (SSSR count). The Morgan fingerprint density at radius 2 is 1.95 bits per heavy atom. The first-order valence-corrected chi connectivity index (χ1v) is 6.43. The van der Waals surface area contributed by atoms with Gasteiger partial charge in [0, 0.05) is 4.90 Å². The molecular formula is C11H7F2N7S. The molecule has 0 bridgehead atoms. The SMILES string of the molecule is Nc1nc(Sc2ccc(F)c(F)c2)nc(-n2cncn2)n1. The van der Waals surface area contributed by atoms with Crippen molar-refractivity contribution in [1.82, 2.24) is 29.7 Å². The molecule has 106 valence electrons. The summed E-state index contributed by atoms with van der Waals surface area (Å²) in [6.07, 6.45) is 2.73. The minimum absolute atomic E-state index is 0.0133. The van der Waals surface area contributed by atoms with Gasteiger partial charge in [-0.15, -0.1) is 0 Å². The van der Waals surface area contributed by atoms with Crippen LogP contribution in [0.2, 0.25) is 0 Å². The van der Waals surface area contributed by atoms with Crippen LogP contribution in [0.3, 0.4) is 0 Å². The van der Waals surface area contributed by atoms with Crippen molar-refractivity contribution in [1.29, 1.82) is 0 Å². The van der Waals surface area contributed by atoms with E-state index in [0.717, 1.165) is 23.9 Å². The molecule has 2 heterocycles. The van der Waals surface area contributed by atoms with E-state index in [1.54, 1.807) is 0 Å². The van der Waals surface area contributed by atoms with Crippen molar-refractivity contribution in [2.45, 2.75) is 10.1 Å². The molecule has 1 aromatic carbocycles. The van der Waals surface area contributed by atoms with Crippen molar-refractivity contribution < 1.29 is 8.78 Å². The van der Waals surface area contributed by atoms with Crippen LogP contribution in [0.15, 0.2) is 40.9 Å². The summed E-state index contributed by atoms with van der Waals surface area (Å²) in [6, 6.07) is 3.49. The Morgan fingerprint density at radius 3 is 2.67 bits per heavy atom. The third-order valence-corrected chi connectivity index (χ3v) is 3.20. The highest BCUT2D eigenvalue weighted by atomic mass is 32.2. The summed E-state index contributed by atoms with van der Waals surface area (Å²) < 4.78 is 27.4. The number of hydrogen-bond acceptors (Lipinski definition) is 7. The van der Waals surface area contributed by atoms with Crippen LogP contribution < -0.4 is 5.73 Å². The van der Waals surface area contributed by atoms with Crippen LogP contribution in [-0.2, 0) is 0 Å². The fraction of sp³-hybridized carbons (Fsp3) is 0. The molecule has 0 saturated heterocycles. The predicted molar refractivity (Wildman–Crippen MR) is 69.6 cm³/mol. The number of rotatable bonds is 3. The topological polar surface area (TPSA) is 95.4 Å². The van der Waals surface area contributed by atoms with Crippen LogP contribution in [0, 0.1) is 11.6 Å². The van der Waals surface area contributed by atoms with E-state index in [-0.39, 0.29) is 17.1 Å². The van der Waals surface area contributed by atoms with Crippen molar-refractivity contribution in [3.05, 3.63) is 42.5 Å². The Kier molecular flexibility index (Phi) is 3.44. The van der Waals surface area contributed by atoms with Gasteiger partial charge in [0.2, 0.25) is 5.95 Å². The Balaban J connectivity index is 1.93. The number of nitrogen functional groups attached to an aromatic ring is 1. The van der Waals surface area contributed by atoms with Gasteiger partial charge in [-0.05, 0) is 30.0 Å². The van der Waals surface area contributed by atoms with Crippen LogP contribution >= 0.6 is 11.8 Å². The first-order chi connectivity index (χ1) is 10.1. The second-order valence-corrected chi connectivity index (χ2v) is 4.83. The molecule has 0 aliphatic carbocycles. The van der Waals surface area contributed by atoms with Crippen molar-refractivity contribution in [2.24, 2.45) is 0 Å². The van der Waals surface area contributed by atoms with E-state index in [0.29, 0.717) is 4.90 Å². The van der Waals surface area contributed by atoms with Gasteiger partial charge in [0.15, 0.2) is 16.8 Å². The monoisotopic (exact) mass is 307 g/mol. The van der Waals surface area contributed by atoms with Gasteiger partial charge in [0.25, 0.3) is 5.95 Å². The van der Waals surface area contributed by atoms with Crippen LogP contribution in [0.5, 0.6) is 0 Å². The van der Waals surface area contributed by atoms with Crippen molar-refractivity contribution in [3.63, 3.8) is 0 Å². The summed E-state index contributed by atoms with van der Waals surface area (Å²) in [5.41, 5.74) is 5.60. The highest BCUT2D eigenvalue weighted by molar-refractivity contribution is 7.99. The molecule has 0 spiro atoms. The van der Waals surface area contributed by atoms with Crippen molar-refractivity contribution in [2.75, 3.05) is 5.73 Å². The summed E-state index contributed by atoms with van der Waals surface area (Å²) in [7, 11) is 0. The molecule has 0 saturated carbocycles. The van der Waals surface area contributed by atoms with Crippen molar-refractivity contribution in [3.8, 4) is 5.95 Å². The average molecular weight is 307 g/mol. The van der Waals surface area contributed by atoms with Gasteiger partial charge >= 0.3 is 0 Å². The van der Waals surface area contributed by atoms with Gasteiger partial charge in [-0.1, -0.05) is 0 Å². The second kappa shape index (κ2) is 5.40. The number of hydrogen-bond donors (Lipinski definition) is 1. The quantitative estimate of drug-likeness (QED) is 0.782. The number of anilines is 1. The molecule has 0 radical (unpaired) electrons. The van der Waals surface area contributed by atoms with Crippen LogP contribution in [-0.4, -0.2) is 29.7 Å². The van der Waals surface area contributed by atoms with Gasteiger partial charge in [-0.3, -0.25) is 0 Å². The molecule has 7 nitrogen and oxygen atoms in total. The summed E-state index contributed by atoms with van der Waals surface area (Å²) in [5, 5.41) is 4.12. The standard InChI is InChI=1S/C11H7F2N7S/c12-7-2-1-6(3-8(7)13)21-11-18-9(14)17-10(19-11)20-5-15-4-16-20/h1-5H,(H2,14,17,18,19). The van der Waals surface area contributed by atoms with Gasteiger partial charge in [0.1, 0.15) is 12.7 Å². The fourth-order valence-electron chi connectivity index (χ4n) is 1.47. The lowest BCUT2D eigenvalue weighted by atomic mass is 10.3. The Bertz CT molecular complexity index is 778. The molecule has 0 atom stereocenters. The fourth-order valence-corrected chi connectivity index (χ4v) is 2.24. The maximum Gasteiger partial charge on any atom is 0.257 e. The van der Waals surface area contributed by atoms with Crippen LogP contribution in [0.4, 0.5) is 14.7 Å². The molecule has 2 aromatic heterocycles. The molecule has 3 aromatic rings. The third-order valence-electron chi connectivity index (χ3n) is 2.34. The normalized spacial score (nSPS) is 10.8. The zero-order chi connectivity index (χ0) is 14.8. The number of aromatic nitrogens is 6. The molecule has 0 fully saturated rings. The zero-order valence-corrected chi connectivity index (χ0v) is 11.1. The molecular weight excluding hydrogens is 300 g/mol. The second-order valence-electron chi connectivity index (χ2n) is 3.79. The number of benzene rings is 1. The predicted octanol–water partition coefficient (Wildman–Crippen LogP) is 1.46. The minimum atomic E-state index is -0.946. The maximum absolute atomic E-state index is 13.2. The Labute approximate surface area is 121 Å². The Hall–Kier alpha value is -2.62. The van der Waals surface area contributed by atoms with E-state index >= 15 is 0 Å². The summed E-state index contributed by atoms with van der Waals surface area (Å²) in [5.74, 6) is -1.69. The lowest BCUT2D eigenvalue weighted by Crippen LogP contribution is -2.07. The average Bonchev–Trinajstić information content (AvgIpc) is 2.96. The molecule has 0 aliphatic heterocycles. The number of nitrogens with two attached hydrogens (primary N) is 1. The molecule has 0 amide bonds. The van der Waals surface area contributed by atoms with E-state index < -0.39 is 11.6 Å². The highest BCUT2D eigenvalue weighted by Gasteiger charge is 2.10. The van der Waals surface area contributed by atoms with Gasteiger partial charge in [0.05, 0.1) is 0 Å². The van der Waals surface area contributed by atoms with E-state index in [4.69, 9.17) is 5.73 Å². The number of nitrogens with zero attached hydrogens (tertiary/aromatic N) is 6. The molecule has 21 heavy (non-hydrogen) atoms. The van der Waals surface area contributed by atoms with E-state index in [1.165, 1.54) is 23.4 Å². The molecule has 2 N–H and O–H groups in total. The summed E-state index contributed by atoms with van der Waals surface area (Å²) >= 11 is 1.03. The third kappa shape index (κ3) is 2.94. The molecule has 0 unspecified atom stereocenters. The van der Waals surface area contributed by atoms with Gasteiger partial charge < -0.3 is 5.73 Å². The first kappa shape index (κ1) is 13.4. The largest absolute Gasteiger partial charge is 0.368 e. The molecule has 0 aliphatic rings. The summed E-state index contributed by atoms with van der Waals surface area (Å²) in [6.45, 7) is 0.